The SMILES string of the molecule is CC(C)CNC1CCN(CC(C)C)CC1. The summed E-state index contributed by atoms with van der Waals surface area (Å²) in [4.78, 5) is 2.61. The van der Waals surface area contributed by atoms with Gasteiger partial charge in [-0.1, -0.05) is 27.7 Å². The predicted octanol–water partition coefficient (Wildman–Crippen LogP) is 2.35. The molecule has 2 nitrogen and oxygen atoms in total. The minimum absolute atomic E-state index is 0.774. The highest BCUT2D eigenvalue weighted by molar-refractivity contribution is 4.77. The Kier molecular flexibility index (Phi) is 5.62. The van der Waals surface area contributed by atoms with Crippen molar-refractivity contribution < 1.29 is 0 Å². The first kappa shape index (κ1) is 13.0. The van der Waals surface area contributed by atoms with Crippen LogP contribution in [0.1, 0.15) is 40.5 Å². The molecule has 1 fully saturated rings. The summed E-state index contributed by atoms with van der Waals surface area (Å²) in [5.74, 6) is 1.59. The molecule has 0 aromatic heterocycles. The van der Waals surface area contributed by atoms with Gasteiger partial charge in [-0.25, -0.2) is 0 Å². The summed E-state index contributed by atoms with van der Waals surface area (Å²) in [6.07, 6.45) is 2.67. The molecule has 1 aliphatic heterocycles. The van der Waals surface area contributed by atoms with E-state index in [1.54, 1.807) is 0 Å². The Morgan fingerprint density at radius 2 is 1.67 bits per heavy atom. The maximum Gasteiger partial charge on any atom is 0.00915 e. The molecule has 0 bridgehead atoms. The standard InChI is InChI=1S/C13H28N2/c1-11(2)9-14-13-5-7-15(8-6-13)10-12(3)4/h11-14H,5-10H2,1-4H3. The molecular formula is C13H28N2. The fraction of sp³-hybridized carbons (Fsp3) is 1.00. The van der Waals surface area contributed by atoms with E-state index in [9.17, 15) is 0 Å². The lowest BCUT2D eigenvalue weighted by molar-refractivity contribution is 0.178. The second-order valence-electron chi connectivity index (χ2n) is 5.77. The number of nitrogens with zero attached hydrogens (tertiary/aromatic N) is 1. The first-order valence-electron chi connectivity index (χ1n) is 6.53. The molecular weight excluding hydrogens is 184 g/mol. The fourth-order valence-corrected chi connectivity index (χ4v) is 2.24. The third-order valence-electron chi connectivity index (χ3n) is 3.03. The molecule has 15 heavy (non-hydrogen) atoms. The molecule has 0 aromatic carbocycles. The summed E-state index contributed by atoms with van der Waals surface area (Å²) < 4.78 is 0. The largest absolute Gasteiger partial charge is 0.314 e. The molecule has 0 saturated carbocycles. The van der Waals surface area contributed by atoms with E-state index in [0.717, 1.165) is 17.9 Å². The maximum atomic E-state index is 3.67. The molecule has 0 aromatic rings. The van der Waals surface area contributed by atoms with Gasteiger partial charge in [0.15, 0.2) is 0 Å². The first-order valence-corrected chi connectivity index (χ1v) is 6.53. The van der Waals surface area contributed by atoms with Crippen LogP contribution < -0.4 is 5.32 Å². The Hall–Kier alpha value is -0.0800. The zero-order valence-corrected chi connectivity index (χ0v) is 10.9. The minimum Gasteiger partial charge on any atom is -0.314 e. The third-order valence-corrected chi connectivity index (χ3v) is 3.03. The number of likely N-dealkylation sites (tertiary alicyclic amines) is 1. The molecule has 0 radical (unpaired) electrons. The van der Waals surface area contributed by atoms with Crippen LogP contribution in [0.25, 0.3) is 0 Å². The smallest absolute Gasteiger partial charge is 0.00915 e. The average molecular weight is 212 g/mol. The van der Waals surface area contributed by atoms with Crippen LogP contribution in [-0.4, -0.2) is 37.1 Å². The van der Waals surface area contributed by atoms with Crippen molar-refractivity contribution in [3.05, 3.63) is 0 Å². The molecule has 0 aliphatic carbocycles. The zero-order chi connectivity index (χ0) is 11.3. The van der Waals surface area contributed by atoms with E-state index in [-0.39, 0.29) is 0 Å². The van der Waals surface area contributed by atoms with Crippen molar-refractivity contribution in [2.75, 3.05) is 26.2 Å². The molecule has 2 heteroatoms. The second kappa shape index (κ2) is 6.49. The summed E-state index contributed by atoms with van der Waals surface area (Å²) in [7, 11) is 0. The van der Waals surface area contributed by atoms with Gasteiger partial charge in [0.2, 0.25) is 0 Å². The van der Waals surface area contributed by atoms with E-state index in [2.05, 4.69) is 37.9 Å². The van der Waals surface area contributed by atoms with Gasteiger partial charge in [0.25, 0.3) is 0 Å². The Balaban J connectivity index is 2.12. The van der Waals surface area contributed by atoms with E-state index in [1.165, 1.54) is 39.0 Å². The van der Waals surface area contributed by atoms with Crippen LogP contribution in [0.4, 0.5) is 0 Å². The molecule has 0 atom stereocenters. The molecule has 1 saturated heterocycles. The molecule has 0 amide bonds. The fourth-order valence-electron chi connectivity index (χ4n) is 2.24. The lowest BCUT2D eigenvalue weighted by Crippen LogP contribution is -2.44. The van der Waals surface area contributed by atoms with Gasteiger partial charge < -0.3 is 10.2 Å². The van der Waals surface area contributed by atoms with Crippen molar-refractivity contribution in [2.45, 2.75) is 46.6 Å². The lowest BCUT2D eigenvalue weighted by atomic mass is 10.0. The normalized spacial score (nSPS) is 20.4. The average Bonchev–Trinajstić information content (AvgIpc) is 2.16. The van der Waals surface area contributed by atoms with Crippen LogP contribution >= 0.6 is 0 Å². The second-order valence-corrected chi connectivity index (χ2v) is 5.77. The van der Waals surface area contributed by atoms with Crippen LogP contribution in [0.3, 0.4) is 0 Å². The van der Waals surface area contributed by atoms with Gasteiger partial charge >= 0.3 is 0 Å². The third kappa shape index (κ3) is 5.53. The predicted molar refractivity (Wildman–Crippen MR) is 67.1 cm³/mol. The van der Waals surface area contributed by atoms with Gasteiger partial charge in [-0.3, -0.25) is 0 Å². The Bertz CT molecular complexity index is 158. The topological polar surface area (TPSA) is 15.3 Å². The maximum absolute atomic E-state index is 3.67. The summed E-state index contributed by atoms with van der Waals surface area (Å²) in [6, 6.07) is 0.774. The number of hydrogen-bond donors (Lipinski definition) is 1. The van der Waals surface area contributed by atoms with Crippen molar-refractivity contribution in [2.24, 2.45) is 11.8 Å². The van der Waals surface area contributed by atoms with Gasteiger partial charge in [0.1, 0.15) is 0 Å². The minimum atomic E-state index is 0.774. The Morgan fingerprint density at radius 1 is 1.07 bits per heavy atom. The van der Waals surface area contributed by atoms with Crippen LogP contribution in [0.15, 0.2) is 0 Å². The van der Waals surface area contributed by atoms with Gasteiger partial charge in [-0.05, 0) is 44.3 Å². The Labute approximate surface area is 95.4 Å². The lowest BCUT2D eigenvalue weighted by Gasteiger charge is -2.33. The molecule has 0 spiro atoms. The van der Waals surface area contributed by atoms with E-state index < -0.39 is 0 Å². The monoisotopic (exact) mass is 212 g/mol. The summed E-state index contributed by atoms with van der Waals surface area (Å²) in [5, 5.41) is 3.67. The number of rotatable bonds is 5. The molecule has 1 heterocycles. The van der Waals surface area contributed by atoms with Crippen molar-refractivity contribution >= 4 is 0 Å². The summed E-state index contributed by atoms with van der Waals surface area (Å²) >= 11 is 0. The number of nitrogens with one attached hydrogen (secondary N) is 1. The summed E-state index contributed by atoms with van der Waals surface area (Å²) in [5.41, 5.74) is 0. The highest BCUT2D eigenvalue weighted by atomic mass is 15.1. The van der Waals surface area contributed by atoms with E-state index >= 15 is 0 Å². The molecule has 90 valence electrons. The highest BCUT2D eigenvalue weighted by Gasteiger charge is 2.18. The van der Waals surface area contributed by atoms with Crippen LogP contribution in [-0.2, 0) is 0 Å². The van der Waals surface area contributed by atoms with Crippen molar-refractivity contribution in [3.8, 4) is 0 Å². The Morgan fingerprint density at radius 3 is 2.13 bits per heavy atom. The quantitative estimate of drug-likeness (QED) is 0.752. The molecule has 0 unspecified atom stereocenters. The van der Waals surface area contributed by atoms with Gasteiger partial charge in [0, 0.05) is 12.6 Å². The summed E-state index contributed by atoms with van der Waals surface area (Å²) in [6.45, 7) is 14.2. The van der Waals surface area contributed by atoms with E-state index in [4.69, 9.17) is 0 Å². The number of hydrogen-bond acceptors (Lipinski definition) is 2. The van der Waals surface area contributed by atoms with Gasteiger partial charge in [0.05, 0.1) is 0 Å². The van der Waals surface area contributed by atoms with E-state index in [1.807, 2.05) is 0 Å². The molecule has 1 aliphatic rings. The zero-order valence-electron chi connectivity index (χ0n) is 10.9. The van der Waals surface area contributed by atoms with Crippen molar-refractivity contribution in [3.63, 3.8) is 0 Å². The highest BCUT2D eigenvalue weighted by Crippen LogP contribution is 2.12. The number of piperidine rings is 1. The van der Waals surface area contributed by atoms with Crippen molar-refractivity contribution in [1.82, 2.24) is 10.2 Å². The first-order chi connectivity index (χ1) is 7.08. The van der Waals surface area contributed by atoms with Gasteiger partial charge in [-0.2, -0.15) is 0 Å². The van der Waals surface area contributed by atoms with Gasteiger partial charge in [-0.15, -0.1) is 0 Å². The molecule has 1 rings (SSSR count). The van der Waals surface area contributed by atoms with E-state index in [0.29, 0.717) is 0 Å². The van der Waals surface area contributed by atoms with Crippen LogP contribution in [0.2, 0.25) is 0 Å². The van der Waals surface area contributed by atoms with Crippen LogP contribution in [0, 0.1) is 11.8 Å². The van der Waals surface area contributed by atoms with Crippen molar-refractivity contribution in [1.29, 1.82) is 0 Å². The molecule has 1 N–H and O–H groups in total. The van der Waals surface area contributed by atoms with Crippen LogP contribution in [0.5, 0.6) is 0 Å².